The van der Waals surface area contributed by atoms with Crippen molar-refractivity contribution < 1.29 is 4.39 Å². The van der Waals surface area contributed by atoms with Crippen LogP contribution in [-0.2, 0) is 6.54 Å². The van der Waals surface area contributed by atoms with Crippen LogP contribution in [-0.4, -0.2) is 9.78 Å². The molecular weight excluding hydrogens is 288 g/mol. The molecule has 102 valence electrons. The molecule has 1 unspecified atom stereocenters. The highest BCUT2D eigenvalue weighted by Gasteiger charge is 2.21. The highest BCUT2D eigenvalue weighted by atomic mass is 35.5. The van der Waals surface area contributed by atoms with E-state index in [1.165, 1.54) is 12.3 Å². The Kier molecular flexibility index (Phi) is 4.45. The van der Waals surface area contributed by atoms with E-state index in [0.717, 1.165) is 6.42 Å². The molecule has 0 aliphatic rings. The number of aryl methyl sites for hydroxylation is 1. The Morgan fingerprint density at radius 1 is 1.42 bits per heavy atom. The summed E-state index contributed by atoms with van der Waals surface area (Å²) in [6.07, 6.45) is 2.42. The van der Waals surface area contributed by atoms with Crippen molar-refractivity contribution >= 4 is 23.2 Å². The topological polar surface area (TPSA) is 43.8 Å². The fraction of sp³-hybridized carbons (Fsp3) is 0.308. The molecule has 2 aromatic rings. The van der Waals surface area contributed by atoms with Crippen LogP contribution in [0.3, 0.4) is 0 Å². The average molecular weight is 302 g/mol. The third kappa shape index (κ3) is 2.91. The van der Waals surface area contributed by atoms with Gasteiger partial charge in [-0.05, 0) is 18.6 Å². The maximum Gasteiger partial charge on any atom is 0.129 e. The third-order valence-electron chi connectivity index (χ3n) is 2.86. The first-order valence-corrected chi connectivity index (χ1v) is 6.72. The van der Waals surface area contributed by atoms with Gasteiger partial charge in [0, 0.05) is 17.1 Å². The normalized spacial score (nSPS) is 12.7. The number of aromatic nitrogens is 2. The molecular formula is C13H14Cl2FN3. The molecule has 0 radical (unpaired) electrons. The van der Waals surface area contributed by atoms with E-state index in [2.05, 4.69) is 5.10 Å². The van der Waals surface area contributed by atoms with Crippen LogP contribution in [0.1, 0.15) is 30.6 Å². The van der Waals surface area contributed by atoms with E-state index < -0.39 is 11.9 Å². The van der Waals surface area contributed by atoms with Crippen molar-refractivity contribution in [3.8, 4) is 0 Å². The predicted molar refractivity (Wildman–Crippen MR) is 75.0 cm³/mol. The molecule has 0 aliphatic carbocycles. The Balaban J connectivity index is 2.43. The van der Waals surface area contributed by atoms with Crippen molar-refractivity contribution in [2.24, 2.45) is 5.73 Å². The maximum atomic E-state index is 13.9. The van der Waals surface area contributed by atoms with Crippen LogP contribution in [0, 0.1) is 5.82 Å². The van der Waals surface area contributed by atoms with Crippen molar-refractivity contribution in [3.63, 3.8) is 0 Å². The minimum atomic E-state index is -0.668. The zero-order chi connectivity index (χ0) is 14.0. The molecule has 1 atom stereocenters. The van der Waals surface area contributed by atoms with Crippen LogP contribution in [0.5, 0.6) is 0 Å². The molecule has 19 heavy (non-hydrogen) atoms. The number of nitrogens with two attached hydrogens (primary N) is 1. The summed E-state index contributed by atoms with van der Waals surface area (Å²) in [5.41, 5.74) is 7.08. The first kappa shape index (κ1) is 14.3. The van der Waals surface area contributed by atoms with Gasteiger partial charge in [0.1, 0.15) is 5.82 Å². The number of nitrogens with zero attached hydrogens (tertiary/aromatic N) is 2. The highest BCUT2D eigenvalue weighted by molar-refractivity contribution is 6.31. The summed E-state index contributed by atoms with van der Waals surface area (Å²) < 4.78 is 15.6. The fourth-order valence-electron chi connectivity index (χ4n) is 1.97. The van der Waals surface area contributed by atoms with Gasteiger partial charge in [-0.1, -0.05) is 36.2 Å². The predicted octanol–water partition coefficient (Wildman–Crippen LogP) is 3.79. The highest BCUT2D eigenvalue weighted by Crippen LogP contribution is 2.29. The molecule has 0 bridgehead atoms. The van der Waals surface area contributed by atoms with Crippen molar-refractivity contribution in [2.75, 3.05) is 0 Å². The summed E-state index contributed by atoms with van der Waals surface area (Å²) in [5, 5.41) is 4.93. The van der Waals surface area contributed by atoms with Gasteiger partial charge >= 0.3 is 0 Å². The van der Waals surface area contributed by atoms with Crippen molar-refractivity contribution in [3.05, 3.63) is 51.5 Å². The monoisotopic (exact) mass is 301 g/mol. The van der Waals surface area contributed by atoms with Gasteiger partial charge in [0.15, 0.2) is 0 Å². The summed E-state index contributed by atoms with van der Waals surface area (Å²) in [4.78, 5) is 0. The molecule has 0 aliphatic heterocycles. The van der Waals surface area contributed by atoms with E-state index in [4.69, 9.17) is 28.9 Å². The fourth-order valence-corrected chi connectivity index (χ4v) is 2.39. The van der Waals surface area contributed by atoms with Crippen LogP contribution in [0.15, 0.2) is 24.4 Å². The van der Waals surface area contributed by atoms with Gasteiger partial charge in [0.25, 0.3) is 0 Å². The largest absolute Gasteiger partial charge is 0.319 e. The van der Waals surface area contributed by atoms with Crippen LogP contribution >= 0.6 is 23.2 Å². The Bertz CT molecular complexity index is 583. The number of hydrogen-bond donors (Lipinski definition) is 1. The van der Waals surface area contributed by atoms with Crippen molar-refractivity contribution in [1.82, 2.24) is 9.78 Å². The van der Waals surface area contributed by atoms with Gasteiger partial charge in [-0.15, -0.1) is 0 Å². The first-order valence-electron chi connectivity index (χ1n) is 5.96. The van der Waals surface area contributed by atoms with E-state index in [-0.39, 0.29) is 0 Å². The minimum absolute atomic E-state index is 0.335. The lowest BCUT2D eigenvalue weighted by atomic mass is 10.0. The molecule has 0 fully saturated rings. The molecule has 0 saturated carbocycles. The van der Waals surface area contributed by atoms with E-state index in [1.54, 1.807) is 16.8 Å². The van der Waals surface area contributed by atoms with Gasteiger partial charge in [-0.25, -0.2) is 4.39 Å². The first-order chi connectivity index (χ1) is 9.04. The average Bonchev–Trinajstić information content (AvgIpc) is 2.70. The van der Waals surface area contributed by atoms with E-state index in [9.17, 15) is 4.39 Å². The second-order valence-electron chi connectivity index (χ2n) is 4.24. The molecule has 3 nitrogen and oxygen atoms in total. The van der Waals surface area contributed by atoms with Crippen molar-refractivity contribution in [1.29, 1.82) is 0 Å². The summed E-state index contributed by atoms with van der Waals surface area (Å²) in [6, 6.07) is 3.75. The Labute approximate surface area is 121 Å². The standard InChI is InChI=1S/C13H14Cl2FN3/c1-2-5-19-13(10(15)7-18-19)12(17)9-4-3-8(14)6-11(9)16/h3-4,6-7,12H,2,5,17H2,1H3. The number of rotatable bonds is 4. The summed E-state index contributed by atoms with van der Waals surface area (Å²) in [7, 11) is 0. The van der Waals surface area contributed by atoms with Crippen molar-refractivity contribution in [2.45, 2.75) is 25.9 Å². The second kappa shape index (κ2) is 5.90. The minimum Gasteiger partial charge on any atom is -0.319 e. The molecule has 0 spiro atoms. The Morgan fingerprint density at radius 3 is 2.79 bits per heavy atom. The van der Waals surface area contributed by atoms with Gasteiger partial charge in [-0.3, -0.25) is 4.68 Å². The lowest BCUT2D eigenvalue weighted by Crippen LogP contribution is -2.19. The zero-order valence-electron chi connectivity index (χ0n) is 10.4. The van der Waals surface area contributed by atoms with Gasteiger partial charge in [-0.2, -0.15) is 5.10 Å². The second-order valence-corrected chi connectivity index (χ2v) is 5.09. The van der Waals surface area contributed by atoms with Crippen LogP contribution in [0.25, 0.3) is 0 Å². The molecule has 1 aromatic carbocycles. The van der Waals surface area contributed by atoms with Crippen LogP contribution in [0.2, 0.25) is 10.0 Å². The lowest BCUT2D eigenvalue weighted by molar-refractivity contribution is 0.545. The molecule has 2 rings (SSSR count). The van der Waals surface area contributed by atoms with Crippen LogP contribution < -0.4 is 5.73 Å². The number of benzene rings is 1. The third-order valence-corrected chi connectivity index (χ3v) is 3.39. The van der Waals surface area contributed by atoms with Gasteiger partial charge in [0.05, 0.1) is 23.0 Å². The summed E-state index contributed by atoms with van der Waals surface area (Å²) in [5.74, 6) is -0.444. The Hall–Kier alpha value is -1.10. The van der Waals surface area contributed by atoms with Gasteiger partial charge in [0.2, 0.25) is 0 Å². The molecule has 0 amide bonds. The molecule has 1 heterocycles. The quantitative estimate of drug-likeness (QED) is 0.934. The van der Waals surface area contributed by atoms with E-state index in [1.807, 2.05) is 6.92 Å². The molecule has 0 saturated heterocycles. The molecule has 2 N–H and O–H groups in total. The smallest absolute Gasteiger partial charge is 0.129 e. The molecule has 6 heteroatoms. The summed E-state index contributed by atoms with van der Waals surface area (Å²) in [6.45, 7) is 2.71. The maximum absolute atomic E-state index is 13.9. The molecule has 1 aromatic heterocycles. The number of hydrogen-bond acceptors (Lipinski definition) is 2. The van der Waals surface area contributed by atoms with Gasteiger partial charge < -0.3 is 5.73 Å². The number of halogens is 3. The summed E-state index contributed by atoms with van der Waals surface area (Å²) >= 11 is 11.8. The van der Waals surface area contributed by atoms with E-state index >= 15 is 0 Å². The van der Waals surface area contributed by atoms with E-state index in [0.29, 0.717) is 27.8 Å². The zero-order valence-corrected chi connectivity index (χ0v) is 11.9. The lowest BCUT2D eigenvalue weighted by Gasteiger charge is -2.16. The van der Waals surface area contributed by atoms with Crippen LogP contribution in [0.4, 0.5) is 4.39 Å². The SMILES string of the molecule is CCCn1ncc(Cl)c1C(N)c1ccc(Cl)cc1F. The Morgan fingerprint density at radius 2 is 2.16 bits per heavy atom.